The number of unbranched alkanes of at least 4 members (excludes halogenated alkanes) is 27. The van der Waals surface area contributed by atoms with E-state index >= 15 is 0 Å². The van der Waals surface area contributed by atoms with Gasteiger partial charge in [0.2, 0.25) is 0 Å². The Bertz CT molecular complexity index is 1150. The van der Waals surface area contributed by atoms with Crippen LogP contribution in [0.3, 0.4) is 0 Å². The number of carbonyl (C=O) groups excluding carboxylic acids is 1. The van der Waals surface area contributed by atoms with Crippen LogP contribution in [0.2, 0.25) is 0 Å². The van der Waals surface area contributed by atoms with Gasteiger partial charge in [-0.3, -0.25) is 13.8 Å². The predicted molar refractivity (Wildman–Crippen MR) is 270 cm³/mol. The average molecular weight is 906 g/mol. The second-order valence-electron chi connectivity index (χ2n) is 17.4. The molecule has 63 heavy (non-hydrogen) atoms. The first kappa shape index (κ1) is 61.2. The van der Waals surface area contributed by atoms with Gasteiger partial charge in [0.25, 0.3) is 0 Å². The Hall–Kier alpha value is -1.80. The highest BCUT2D eigenvalue weighted by molar-refractivity contribution is 7.47. The highest BCUT2D eigenvalue weighted by atomic mass is 31.2. The van der Waals surface area contributed by atoms with E-state index in [0.29, 0.717) is 13.0 Å². The molecule has 0 radical (unpaired) electrons. The van der Waals surface area contributed by atoms with E-state index in [1.165, 1.54) is 167 Å². The molecule has 0 rings (SSSR count). The summed E-state index contributed by atoms with van der Waals surface area (Å²) >= 11 is 0. The molecule has 0 spiro atoms. The van der Waals surface area contributed by atoms with E-state index in [-0.39, 0.29) is 32.3 Å². The summed E-state index contributed by atoms with van der Waals surface area (Å²) in [5.74, 6) is -0.336. The quantitative estimate of drug-likeness (QED) is 0.0268. The van der Waals surface area contributed by atoms with Gasteiger partial charge in [0.1, 0.15) is 6.10 Å². The van der Waals surface area contributed by atoms with Gasteiger partial charge >= 0.3 is 13.8 Å². The number of carbonyl (C=O) groups is 1. The minimum Gasteiger partial charge on any atom is -0.457 e. The van der Waals surface area contributed by atoms with Crippen molar-refractivity contribution < 1.29 is 32.8 Å². The molecule has 2 atom stereocenters. The van der Waals surface area contributed by atoms with Crippen molar-refractivity contribution in [2.75, 3.05) is 33.0 Å². The number of nitrogens with two attached hydrogens (primary N) is 1. The second kappa shape index (κ2) is 51.2. The zero-order valence-electron chi connectivity index (χ0n) is 41.1. The van der Waals surface area contributed by atoms with Crippen LogP contribution in [0.1, 0.15) is 239 Å². The van der Waals surface area contributed by atoms with Crippen molar-refractivity contribution in [1.29, 1.82) is 0 Å². The van der Waals surface area contributed by atoms with Crippen molar-refractivity contribution in [3.8, 4) is 0 Å². The van der Waals surface area contributed by atoms with E-state index in [2.05, 4.69) is 74.6 Å². The van der Waals surface area contributed by atoms with Crippen molar-refractivity contribution in [1.82, 2.24) is 0 Å². The Morgan fingerprint density at radius 3 is 1.27 bits per heavy atom. The second-order valence-corrected chi connectivity index (χ2v) is 18.8. The highest BCUT2D eigenvalue weighted by Crippen LogP contribution is 2.43. The standard InChI is InChI=1S/C54H100NO7P/c1-3-5-7-9-11-13-15-17-19-21-23-24-25-26-27-28-29-31-33-35-37-39-41-43-45-47-54(56)62-53(52-61-63(57,58)60-50-48-55)51-59-49-46-44-42-40-38-36-34-32-30-22-20-18-16-14-12-10-8-6-4-2/h14-17,20-23,25-26,53H,3-13,18-19,24,27-52,55H2,1-2H3,(H,57,58)/b16-14-,17-15-,22-20-,23-21-,26-25-. The van der Waals surface area contributed by atoms with Crippen LogP contribution < -0.4 is 5.73 Å². The molecule has 0 heterocycles. The summed E-state index contributed by atoms with van der Waals surface area (Å²) in [4.78, 5) is 22.6. The molecular formula is C54H100NO7P. The maximum Gasteiger partial charge on any atom is 0.472 e. The van der Waals surface area contributed by atoms with Gasteiger partial charge in [-0.25, -0.2) is 4.57 Å². The van der Waals surface area contributed by atoms with Gasteiger partial charge in [0.05, 0.1) is 19.8 Å². The maximum atomic E-state index is 12.7. The molecule has 0 amide bonds. The van der Waals surface area contributed by atoms with E-state index in [0.717, 1.165) is 51.4 Å². The smallest absolute Gasteiger partial charge is 0.457 e. The number of phosphoric ester groups is 1. The fourth-order valence-electron chi connectivity index (χ4n) is 7.27. The lowest BCUT2D eigenvalue weighted by Crippen LogP contribution is -2.28. The van der Waals surface area contributed by atoms with Crippen LogP contribution in [-0.2, 0) is 27.9 Å². The molecule has 0 aliphatic heterocycles. The lowest BCUT2D eigenvalue weighted by atomic mass is 10.0. The van der Waals surface area contributed by atoms with Crippen molar-refractivity contribution in [2.45, 2.75) is 245 Å². The molecule has 0 bridgehead atoms. The normalized spacial score (nSPS) is 13.8. The number of ether oxygens (including phenoxy) is 2. The third-order valence-corrected chi connectivity index (χ3v) is 12.1. The van der Waals surface area contributed by atoms with Crippen LogP contribution in [0.5, 0.6) is 0 Å². The van der Waals surface area contributed by atoms with Gasteiger partial charge in [-0.2, -0.15) is 0 Å². The van der Waals surface area contributed by atoms with Gasteiger partial charge in [-0.1, -0.05) is 209 Å². The molecule has 2 unspecified atom stereocenters. The van der Waals surface area contributed by atoms with Crippen LogP contribution in [0.15, 0.2) is 60.8 Å². The van der Waals surface area contributed by atoms with Crippen LogP contribution in [0.4, 0.5) is 0 Å². The van der Waals surface area contributed by atoms with Gasteiger partial charge in [-0.15, -0.1) is 0 Å². The Kier molecular flexibility index (Phi) is 49.7. The highest BCUT2D eigenvalue weighted by Gasteiger charge is 2.25. The molecule has 9 heteroatoms. The molecule has 0 aromatic carbocycles. The van der Waals surface area contributed by atoms with E-state index in [1.807, 2.05) is 0 Å². The molecular weight excluding hydrogens is 806 g/mol. The lowest BCUT2D eigenvalue weighted by molar-refractivity contribution is -0.154. The van der Waals surface area contributed by atoms with Crippen molar-refractivity contribution in [3.05, 3.63) is 60.8 Å². The summed E-state index contributed by atoms with van der Waals surface area (Å²) in [7, 11) is -4.29. The van der Waals surface area contributed by atoms with Gasteiger partial charge in [0, 0.05) is 19.6 Å². The van der Waals surface area contributed by atoms with Crippen molar-refractivity contribution >= 4 is 13.8 Å². The first-order chi connectivity index (χ1) is 30.9. The van der Waals surface area contributed by atoms with Crippen molar-refractivity contribution in [3.63, 3.8) is 0 Å². The topological polar surface area (TPSA) is 117 Å². The van der Waals surface area contributed by atoms with Crippen molar-refractivity contribution in [2.24, 2.45) is 5.73 Å². The fourth-order valence-corrected chi connectivity index (χ4v) is 8.04. The molecule has 0 saturated carbocycles. The molecule has 0 aliphatic rings. The number of allylic oxidation sites excluding steroid dienone is 10. The van der Waals surface area contributed by atoms with E-state index < -0.39 is 13.9 Å². The molecule has 0 aromatic heterocycles. The molecule has 0 aliphatic carbocycles. The molecule has 368 valence electrons. The van der Waals surface area contributed by atoms with E-state index in [4.69, 9.17) is 24.3 Å². The summed E-state index contributed by atoms with van der Waals surface area (Å²) in [6.07, 6.45) is 63.9. The van der Waals surface area contributed by atoms with Crippen LogP contribution in [0.25, 0.3) is 0 Å². The minimum atomic E-state index is -4.29. The average Bonchev–Trinajstić information content (AvgIpc) is 3.28. The maximum absolute atomic E-state index is 12.7. The zero-order chi connectivity index (χ0) is 45.8. The third kappa shape index (κ3) is 51.1. The minimum absolute atomic E-state index is 0.0967. The zero-order valence-corrected chi connectivity index (χ0v) is 42.0. The summed E-state index contributed by atoms with van der Waals surface area (Å²) < 4.78 is 33.6. The third-order valence-electron chi connectivity index (χ3n) is 11.2. The first-order valence-electron chi connectivity index (χ1n) is 26.3. The predicted octanol–water partition coefficient (Wildman–Crippen LogP) is 16.5. The Balaban J connectivity index is 3.96. The largest absolute Gasteiger partial charge is 0.472 e. The first-order valence-corrected chi connectivity index (χ1v) is 27.8. The van der Waals surface area contributed by atoms with Crippen LogP contribution in [-0.4, -0.2) is 49.9 Å². The molecule has 0 aromatic rings. The lowest BCUT2D eigenvalue weighted by Gasteiger charge is -2.20. The molecule has 0 saturated heterocycles. The number of hydrogen-bond donors (Lipinski definition) is 2. The summed E-state index contributed by atoms with van der Waals surface area (Å²) in [6, 6.07) is 0. The Morgan fingerprint density at radius 1 is 0.476 bits per heavy atom. The van der Waals surface area contributed by atoms with E-state index in [9.17, 15) is 14.3 Å². The number of phosphoric acid groups is 1. The number of esters is 1. The van der Waals surface area contributed by atoms with Crippen LogP contribution in [0, 0.1) is 0 Å². The van der Waals surface area contributed by atoms with E-state index in [1.54, 1.807) is 0 Å². The molecule has 8 nitrogen and oxygen atoms in total. The molecule has 3 N–H and O–H groups in total. The van der Waals surface area contributed by atoms with Gasteiger partial charge in [-0.05, 0) is 83.5 Å². The Morgan fingerprint density at radius 2 is 0.841 bits per heavy atom. The summed E-state index contributed by atoms with van der Waals surface area (Å²) in [6.45, 7) is 4.90. The Labute approximate surface area is 389 Å². The van der Waals surface area contributed by atoms with Gasteiger partial charge in [0.15, 0.2) is 0 Å². The fraction of sp³-hybridized carbons (Fsp3) is 0.796. The number of rotatable bonds is 50. The number of hydrogen-bond acceptors (Lipinski definition) is 7. The summed E-state index contributed by atoms with van der Waals surface area (Å²) in [5.41, 5.74) is 5.39. The molecule has 0 fully saturated rings. The summed E-state index contributed by atoms with van der Waals surface area (Å²) in [5, 5.41) is 0. The monoisotopic (exact) mass is 906 g/mol. The SMILES string of the molecule is CCCCCC/C=C\C/C=C\CCCCCCCCCCOCC(COP(=O)(O)OCCN)OC(=O)CCCCCCCCCCCC/C=C\C/C=C\C/C=C\CCCCCCC. The van der Waals surface area contributed by atoms with Gasteiger partial charge < -0.3 is 20.1 Å². The van der Waals surface area contributed by atoms with Crippen LogP contribution >= 0.6 is 7.82 Å².